The van der Waals surface area contributed by atoms with Crippen molar-refractivity contribution < 1.29 is 4.39 Å². The molecule has 2 aliphatic heterocycles. The third kappa shape index (κ3) is 3.00. The molecule has 2 aliphatic rings. The van der Waals surface area contributed by atoms with E-state index in [0.717, 1.165) is 37.6 Å². The molecule has 104 valence electrons. The van der Waals surface area contributed by atoms with E-state index in [1.165, 1.54) is 25.7 Å². The predicted molar refractivity (Wildman–Crippen MR) is 77.4 cm³/mol. The number of rotatable bonds is 4. The zero-order chi connectivity index (χ0) is 13.1. The molecular formula is C15H22FN3. The van der Waals surface area contributed by atoms with E-state index in [9.17, 15) is 4.39 Å². The molecule has 1 aromatic rings. The van der Waals surface area contributed by atoms with Crippen LogP contribution in [-0.4, -0.2) is 32.2 Å². The smallest absolute Gasteiger partial charge is 0.148 e. The maximum absolute atomic E-state index is 14.1. The maximum Gasteiger partial charge on any atom is 0.148 e. The van der Waals surface area contributed by atoms with Gasteiger partial charge in [-0.15, -0.1) is 0 Å². The van der Waals surface area contributed by atoms with Crippen molar-refractivity contribution in [1.82, 2.24) is 5.32 Å². The Kier molecular flexibility index (Phi) is 3.87. The highest BCUT2D eigenvalue weighted by Crippen LogP contribution is 2.26. The van der Waals surface area contributed by atoms with Crippen LogP contribution in [0.15, 0.2) is 18.2 Å². The summed E-state index contributed by atoms with van der Waals surface area (Å²) in [4.78, 5) is 2.14. The number of nitrogens with zero attached hydrogens (tertiary/aromatic N) is 1. The van der Waals surface area contributed by atoms with Gasteiger partial charge in [0.2, 0.25) is 0 Å². The molecule has 0 radical (unpaired) electrons. The van der Waals surface area contributed by atoms with E-state index < -0.39 is 0 Å². The molecule has 1 aromatic carbocycles. The molecule has 0 amide bonds. The van der Waals surface area contributed by atoms with Gasteiger partial charge in [-0.3, -0.25) is 0 Å². The number of benzene rings is 1. The van der Waals surface area contributed by atoms with E-state index in [2.05, 4.69) is 15.5 Å². The molecule has 0 aliphatic carbocycles. The predicted octanol–water partition coefficient (Wildman–Crippen LogP) is 2.59. The highest BCUT2D eigenvalue weighted by Gasteiger charge is 2.17. The molecule has 1 unspecified atom stereocenters. The number of hydrogen-bond acceptors (Lipinski definition) is 3. The Morgan fingerprint density at radius 3 is 2.79 bits per heavy atom. The summed E-state index contributed by atoms with van der Waals surface area (Å²) in [6, 6.07) is 6.06. The molecule has 3 nitrogen and oxygen atoms in total. The van der Waals surface area contributed by atoms with E-state index in [1.807, 2.05) is 12.1 Å². The molecular weight excluding hydrogens is 241 g/mol. The molecule has 0 saturated carbocycles. The lowest BCUT2D eigenvalue weighted by Crippen LogP contribution is -2.29. The van der Waals surface area contributed by atoms with Crippen LogP contribution < -0.4 is 15.5 Å². The lowest BCUT2D eigenvalue weighted by molar-refractivity contribution is 0.620. The third-order valence-corrected chi connectivity index (χ3v) is 4.11. The minimum absolute atomic E-state index is 0.105. The van der Waals surface area contributed by atoms with E-state index in [4.69, 9.17) is 0 Å². The Bertz CT molecular complexity index is 423. The summed E-state index contributed by atoms with van der Waals surface area (Å²) in [5, 5.41) is 6.76. The van der Waals surface area contributed by atoms with Gasteiger partial charge in [0, 0.05) is 31.4 Å². The lowest BCUT2D eigenvalue weighted by Gasteiger charge is -2.19. The van der Waals surface area contributed by atoms with Crippen molar-refractivity contribution in [3.05, 3.63) is 24.0 Å². The molecule has 2 heterocycles. The fourth-order valence-corrected chi connectivity index (χ4v) is 3.00. The molecule has 4 heteroatoms. The van der Waals surface area contributed by atoms with Gasteiger partial charge in [0.1, 0.15) is 5.82 Å². The van der Waals surface area contributed by atoms with Gasteiger partial charge in [0.25, 0.3) is 0 Å². The molecule has 0 aromatic heterocycles. The van der Waals surface area contributed by atoms with E-state index in [-0.39, 0.29) is 5.82 Å². The zero-order valence-corrected chi connectivity index (χ0v) is 11.3. The van der Waals surface area contributed by atoms with Crippen LogP contribution in [0.2, 0.25) is 0 Å². The van der Waals surface area contributed by atoms with E-state index >= 15 is 0 Å². The summed E-state index contributed by atoms with van der Waals surface area (Å²) in [7, 11) is 0. The monoisotopic (exact) mass is 263 g/mol. The van der Waals surface area contributed by atoms with Gasteiger partial charge in [0.05, 0.1) is 5.69 Å². The summed E-state index contributed by atoms with van der Waals surface area (Å²) in [5.74, 6) is -0.105. The Balaban J connectivity index is 1.61. The van der Waals surface area contributed by atoms with Gasteiger partial charge in [-0.1, -0.05) is 0 Å². The quantitative estimate of drug-likeness (QED) is 0.874. The van der Waals surface area contributed by atoms with Gasteiger partial charge >= 0.3 is 0 Å². The zero-order valence-electron chi connectivity index (χ0n) is 11.3. The lowest BCUT2D eigenvalue weighted by atomic mass is 10.2. The van der Waals surface area contributed by atoms with Crippen molar-refractivity contribution in [2.24, 2.45) is 0 Å². The molecule has 0 spiro atoms. The Labute approximate surface area is 114 Å². The van der Waals surface area contributed by atoms with Crippen LogP contribution in [-0.2, 0) is 0 Å². The summed E-state index contributed by atoms with van der Waals surface area (Å²) in [5.41, 5.74) is 1.64. The first-order valence-corrected chi connectivity index (χ1v) is 7.35. The highest BCUT2D eigenvalue weighted by molar-refractivity contribution is 5.56. The van der Waals surface area contributed by atoms with Crippen LogP contribution in [0.3, 0.4) is 0 Å². The molecule has 3 rings (SSSR count). The third-order valence-electron chi connectivity index (χ3n) is 4.11. The molecule has 2 saturated heterocycles. The van der Waals surface area contributed by atoms with Gasteiger partial charge in [-0.05, 0) is 50.4 Å². The van der Waals surface area contributed by atoms with Crippen LogP contribution in [0.1, 0.15) is 25.7 Å². The number of halogens is 1. The second-order valence-electron chi connectivity index (χ2n) is 5.53. The Morgan fingerprint density at radius 1 is 1.26 bits per heavy atom. The molecule has 2 N–H and O–H groups in total. The van der Waals surface area contributed by atoms with E-state index in [1.54, 1.807) is 6.07 Å². The highest BCUT2D eigenvalue weighted by atomic mass is 19.1. The molecule has 1 atom stereocenters. The first kappa shape index (κ1) is 12.7. The van der Waals surface area contributed by atoms with Crippen LogP contribution >= 0.6 is 0 Å². The van der Waals surface area contributed by atoms with Crippen molar-refractivity contribution in [3.8, 4) is 0 Å². The number of hydrogen-bond donors (Lipinski definition) is 2. The normalized spacial score (nSPS) is 23.0. The molecule has 0 bridgehead atoms. The first-order valence-electron chi connectivity index (χ1n) is 7.35. The topological polar surface area (TPSA) is 27.3 Å². The largest absolute Gasteiger partial charge is 0.383 e. The average Bonchev–Trinajstić information content (AvgIpc) is 3.10. The summed E-state index contributed by atoms with van der Waals surface area (Å²) < 4.78 is 14.1. The van der Waals surface area contributed by atoms with Crippen molar-refractivity contribution in [1.29, 1.82) is 0 Å². The minimum atomic E-state index is -0.105. The van der Waals surface area contributed by atoms with E-state index in [0.29, 0.717) is 6.04 Å². The van der Waals surface area contributed by atoms with Crippen molar-refractivity contribution in [3.63, 3.8) is 0 Å². The second-order valence-corrected chi connectivity index (χ2v) is 5.53. The summed E-state index contributed by atoms with van der Waals surface area (Å²) >= 11 is 0. The van der Waals surface area contributed by atoms with Crippen molar-refractivity contribution in [2.45, 2.75) is 31.7 Å². The number of anilines is 2. The maximum atomic E-state index is 14.1. The van der Waals surface area contributed by atoms with Crippen molar-refractivity contribution >= 4 is 11.4 Å². The van der Waals surface area contributed by atoms with Gasteiger partial charge in [-0.2, -0.15) is 0 Å². The Hall–Kier alpha value is -1.29. The van der Waals surface area contributed by atoms with Crippen molar-refractivity contribution in [2.75, 3.05) is 36.4 Å². The average molecular weight is 263 g/mol. The fraction of sp³-hybridized carbons (Fsp3) is 0.600. The van der Waals surface area contributed by atoms with Gasteiger partial charge in [-0.25, -0.2) is 4.39 Å². The summed E-state index contributed by atoms with van der Waals surface area (Å²) in [6.45, 7) is 3.95. The second kappa shape index (κ2) is 5.78. The van der Waals surface area contributed by atoms with Crippen LogP contribution in [0.5, 0.6) is 0 Å². The SMILES string of the molecule is Fc1cc(NCC2CCCN2)ccc1N1CCCC1. The first-order chi connectivity index (χ1) is 9.33. The van der Waals surface area contributed by atoms with Crippen LogP contribution in [0.4, 0.5) is 15.8 Å². The van der Waals surface area contributed by atoms with Gasteiger partial charge in [0.15, 0.2) is 0 Å². The summed E-state index contributed by atoms with van der Waals surface area (Å²) in [6.07, 6.45) is 4.80. The molecule has 2 fully saturated rings. The number of nitrogens with one attached hydrogen (secondary N) is 2. The van der Waals surface area contributed by atoms with Gasteiger partial charge < -0.3 is 15.5 Å². The minimum Gasteiger partial charge on any atom is -0.383 e. The Morgan fingerprint density at radius 2 is 2.11 bits per heavy atom. The fourth-order valence-electron chi connectivity index (χ4n) is 3.00. The van der Waals surface area contributed by atoms with Crippen LogP contribution in [0.25, 0.3) is 0 Å². The van der Waals surface area contributed by atoms with Crippen LogP contribution in [0, 0.1) is 5.82 Å². The standard InChI is InChI=1S/C15H22FN3/c16-14-10-12(18-11-13-4-3-7-17-13)5-6-15(14)19-8-1-2-9-19/h5-6,10,13,17-18H,1-4,7-9,11H2. The molecule has 19 heavy (non-hydrogen) atoms.